The Balaban J connectivity index is 2.08. The summed E-state index contributed by atoms with van der Waals surface area (Å²) in [7, 11) is -3.62. The fourth-order valence-electron chi connectivity index (χ4n) is 2.34. The number of hydrogen-bond acceptors (Lipinski definition) is 3. The fourth-order valence-corrected chi connectivity index (χ4v) is 5.21. The Kier molecular flexibility index (Phi) is 3.69. The lowest BCUT2D eigenvalue weighted by atomic mass is 10.2. The molecule has 2 aromatic rings. The van der Waals surface area contributed by atoms with Crippen molar-refractivity contribution in [1.29, 1.82) is 0 Å². The van der Waals surface area contributed by atoms with Crippen LogP contribution in [0.3, 0.4) is 0 Å². The minimum Gasteiger partial charge on any atom is -0.611 e. The van der Waals surface area contributed by atoms with Crippen LogP contribution >= 0.6 is 0 Å². The monoisotopic (exact) mass is 321 g/mol. The molecule has 0 bridgehead atoms. The van der Waals surface area contributed by atoms with Crippen LogP contribution in [0.1, 0.15) is 5.56 Å². The molecule has 2 aromatic carbocycles. The fraction of sp³-hybridized carbons (Fsp3) is 0.200. The number of nitrogens with zero attached hydrogens (tertiary/aromatic N) is 1. The van der Waals surface area contributed by atoms with E-state index < -0.39 is 21.2 Å². The van der Waals surface area contributed by atoms with Crippen LogP contribution in [-0.4, -0.2) is 25.3 Å². The third kappa shape index (κ3) is 2.54. The summed E-state index contributed by atoms with van der Waals surface area (Å²) in [6, 6.07) is 13.7. The molecule has 0 spiro atoms. The van der Waals surface area contributed by atoms with E-state index in [2.05, 4.69) is 0 Å². The number of benzene rings is 2. The van der Waals surface area contributed by atoms with Crippen LogP contribution in [0, 0.1) is 6.92 Å². The third-order valence-electron chi connectivity index (χ3n) is 3.47. The van der Waals surface area contributed by atoms with Crippen LogP contribution in [0.15, 0.2) is 58.3 Å². The number of para-hydroxylation sites is 1. The van der Waals surface area contributed by atoms with Crippen molar-refractivity contribution in [3.63, 3.8) is 0 Å². The lowest BCUT2D eigenvalue weighted by Crippen LogP contribution is -2.39. The summed E-state index contributed by atoms with van der Waals surface area (Å²) in [5.74, 6) is 0.322. The van der Waals surface area contributed by atoms with Gasteiger partial charge in [-0.25, -0.2) is 8.42 Å². The molecule has 0 aromatic heterocycles. The molecular formula is C15H15NO3S2. The Labute approximate surface area is 127 Å². The molecule has 4 nitrogen and oxygen atoms in total. The average Bonchev–Trinajstić information content (AvgIpc) is 2.48. The molecule has 1 aliphatic heterocycles. The highest BCUT2D eigenvalue weighted by Gasteiger charge is 2.34. The SMILES string of the molecule is Cc1ccc(S(=O)(=O)N2CC[S+]([O-])c3ccccc32)cc1. The summed E-state index contributed by atoms with van der Waals surface area (Å²) in [5, 5.41) is 0. The van der Waals surface area contributed by atoms with E-state index in [4.69, 9.17) is 0 Å². The highest BCUT2D eigenvalue weighted by Crippen LogP contribution is 2.34. The topological polar surface area (TPSA) is 60.4 Å². The van der Waals surface area contributed by atoms with Gasteiger partial charge in [0.05, 0.1) is 11.4 Å². The van der Waals surface area contributed by atoms with Crippen LogP contribution in [0.25, 0.3) is 0 Å². The van der Waals surface area contributed by atoms with Crippen molar-refractivity contribution in [3.8, 4) is 0 Å². The first-order valence-electron chi connectivity index (χ1n) is 6.57. The van der Waals surface area contributed by atoms with E-state index in [1.165, 1.54) is 4.31 Å². The quantitative estimate of drug-likeness (QED) is 0.798. The van der Waals surface area contributed by atoms with Gasteiger partial charge in [0.15, 0.2) is 4.90 Å². The van der Waals surface area contributed by atoms with Gasteiger partial charge in [-0.2, -0.15) is 0 Å². The molecule has 0 N–H and O–H groups in total. The first kappa shape index (κ1) is 14.4. The van der Waals surface area contributed by atoms with Crippen molar-refractivity contribution in [2.24, 2.45) is 0 Å². The van der Waals surface area contributed by atoms with Gasteiger partial charge in [0, 0.05) is 0 Å². The Morgan fingerprint density at radius 1 is 1.10 bits per heavy atom. The number of anilines is 1. The number of hydrogen-bond donors (Lipinski definition) is 0. The third-order valence-corrected chi connectivity index (χ3v) is 6.68. The van der Waals surface area contributed by atoms with Crippen molar-refractivity contribution in [2.75, 3.05) is 16.6 Å². The molecule has 1 unspecified atom stereocenters. The Morgan fingerprint density at radius 3 is 2.48 bits per heavy atom. The van der Waals surface area contributed by atoms with E-state index in [1.54, 1.807) is 48.5 Å². The maximum Gasteiger partial charge on any atom is 0.264 e. The summed E-state index contributed by atoms with van der Waals surface area (Å²) in [5.41, 5.74) is 1.52. The highest BCUT2D eigenvalue weighted by atomic mass is 32.2. The molecule has 0 saturated carbocycles. The molecular weight excluding hydrogens is 306 g/mol. The molecule has 1 atom stereocenters. The van der Waals surface area contributed by atoms with Crippen molar-refractivity contribution >= 4 is 26.9 Å². The van der Waals surface area contributed by atoms with Crippen molar-refractivity contribution < 1.29 is 13.0 Å². The van der Waals surface area contributed by atoms with Crippen molar-refractivity contribution in [2.45, 2.75) is 16.7 Å². The lowest BCUT2D eigenvalue weighted by molar-refractivity contribution is 0.583. The maximum absolute atomic E-state index is 12.8. The van der Waals surface area contributed by atoms with Crippen molar-refractivity contribution in [3.05, 3.63) is 54.1 Å². The zero-order valence-electron chi connectivity index (χ0n) is 11.5. The van der Waals surface area contributed by atoms with E-state index in [-0.39, 0.29) is 11.4 Å². The van der Waals surface area contributed by atoms with Crippen LogP contribution in [0.2, 0.25) is 0 Å². The zero-order chi connectivity index (χ0) is 15.0. The number of fused-ring (bicyclic) bond motifs is 1. The minimum atomic E-state index is -3.62. The average molecular weight is 321 g/mol. The molecule has 6 heteroatoms. The molecule has 1 aliphatic rings. The normalized spacial score (nSPS) is 18.4. The van der Waals surface area contributed by atoms with Crippen LogP contribution in [-0.2, 0) is 21.2 Å². The second-order valence-electron chi connectivity index (χ2n) is 4.91. The van der Waals surface area contributed by atoms with Gasteiger partial charge in [0.2, 0.25) is 0 Å². The maximum atomic E-state index is 12.8. The molecule has 110 valence electrons. The predicted octanol–water partition coefficient (Wildman–Crippen LogP) is 2.31. The molecule has 0 radical (unpaired) electrons. The van der Waals surface area contributed by atoms with E-state index in [0.29, 0.717) is 16.3 Å². The molecule has 0 fully saturated rings. The number of aryl methyl sites for hydroxylation is 1. The summed E-state index contributed by atoms with van der Waals surface area (Å²) in [4.78, 5) is 0.843. The summed E-state index contributed by atoms with van der Waals surface area (Å²) < 4.78 is 39.0. The molecule has 0 saturated heterocycles. The lowest BCUT2D eigenvalue weighted by Gasteiger charge is -2.30. The summed E-state index contributed by atoms with van der Waals surface area (Å²) in [6.45, 7) is 2.15. The van der Waals surface area contributed by atoms with Gasteiger partial charge in [0.1, 0.15) is 11.4 Å². The summed E-state index contributed by atoms with van der Waals surface area (Å²) >= 11 is -1.14. The number of rotatable bonds is 2. The van der Waals surface area contributed by atoms with Gasteiger partial charge in [-0.3, -0.25) is 4.31 Å². The Hall–Kier alpha value is -1.50. The zero-order valence-corrected chi connectivity index (χ0v) is 13.2. The van der Waals surface area contributed by atoms with E-state index in [1.807, 2.05) is 6.92 Å². The van der Waals surface area contributed by atoms with E-state index in [9.17, 15) is 13.0 Å². The standard InChI is InChI=1S/C15H15NO3S2/c1-12-6-8-13(9-7-12)21(18,19)16-10-11-20(17)15-5-3-2-4-14(15)16/h2-9H,10-11H2,1H3. The van der Waals surface area contributed by atoms with Gasteiger partial charge in [-0.15, -0.1) is 0 Å². The Bertz CT molecular complexity index is 757. The summed E-state index contributed by atoms with van der Waals surface area (Å²) in [6.07, 6.45) is 0. The molecule has 0 amide bonds. The van der Waals surface area contributed by atoms with Crippen LogP contribution < -0.4 is 4.31 Å². The highest BCUT2D eigenvalue weighted by molar-refractivity contribution is 7.94. The number of sulfonamides is 1. The first-order chi connectivity index (χ1) is 10.00. The molecule has 3 rings (SSSR count). The molecule has 1 heterocycles. The molecule has 0 aliphatic carbocycles. The molecule has 21 heavy (non-hydrogen) atoms. The van der Waals surface area contributed by atoms with Gasteiger partial charge in [-0.1, -0.05) is 29.8 Å². The van der Waals surface area contributed by atoms with Crippen LogP contribution in [0.5, 0.6) is 0 Å². The first-order valence-corrected chi connectivity index (χ1v) is 9.33. The van der Waals surface area contributed by atoms with E-state index in [0.717, 1.165) is 5.56 Å². The second kappa shape index (κ2) is 5.36. The van der Waals surface area contributed by atoms with Gasteiger partial charge < -0.3 is 4.55 Å². The van der Waals surface area contributed by atoms with Gasteiger partial charge in [-0.05, 0) is 42.4 Å². The largest absolute Gasteiger partial charge is 0.611 e. The smallest absolute Gasteiger partial charge is 0.264 e. The minimum absolute atomic E-state index is 0.236. The van der Waals surface area contributed by atoms with Gasteiger partial charge >= 0.3 is 0 Å². The Morgan fingerprint density at radius 2 is 1.76 bits per heavy atom. The second-order valence-corrected chi connectivity index (χ2v) is 8.31. The van der Waals surface area contributed by atoms with E-state index >= 15 is 0 Å². The van der Waals surface area contributed by atoms with Crippen molar-refractivity contribution in [1.82, 2.24) is 0 Å². The van der Waals surface area contributed by atoms with Crippen LogP contribution in [0.4, 0.5) is 5.69 Å². The van der Waals surface area contributed by atoms with Gasteiger partial charge in [0.25, 0.3) is 10.0 Å². The predicted molar refractivity (Wildman–Crippen MR) is 83.4 cm³/mol.